The fourth-order valence-electron chi connectivity index (χ4n) is 3.67. The van der Waals surface area contributed by atoms with E-state index in [9.17, 15) is 4.79 Å². The largest absolute Gasteiger partial charge is 0.370 e. The maximum atomic E-state index is 12.2. The molecule has 0 atom stereocenters. The minimum atomic E-state index is 0.0408. The van der Waals surface area contributed by atoms with Gasteiger partial charge in [0.1, 0.15) is 5.82 Å². The van der Waals surface area contributed by atoms with E-state index in [2.05, 4.69) is 19.2 Å². The third-order valence-corrected chi connectivity index (χ3v) is 4.86. The van der Waals surface area contributed by atoms with Gasteiger partial charge in [-0.05, 0) is 42.7 Å². The van der Waals surface area contributed by atoms with Crippen LogP contribution in [0.2, 0.25) is 0 Å². The fourth-order valence-corrected chi connectivity index (χ4v) is 3.67. The highest BCUT2D eigenvalue weighted by atomic mass is 16.1. The zero-order valence-corrected chi connectivity index (χ0v) is 13.2. The van der Waals surface area contributed by atoms with E-state index in [1.807, 2.05) is 12.1 Å². The number of hydrogen-bond acceptors (Lipinski definition) is 3. The van der Waals surface area contributed by atoms with E-state index >= 15 is 0 Å². The van der Waals surface area contributed by atoms with Crippen molar-refractivity contribution in [2.24, 2.45) is 11.3 Å². The number of nitrogens with one attached hydrogen (secondary N) is 1. The average molecular weight is 286 g/mol. The summed E-state index contributed by atoms with van der Waals surface area (Å²) in [5, 5.41) is 3.48. The summed E-state index contributed by atoms with van der Waals surface area (Å²) in [7, 11) is 0. The maximum absolute atomic E-state index is 12.2. The zero-order valence-electron chi connectivity index (χ0n) is 13.2. The van der Waals surface area contributed by atoms with Crippen LogP contribution in [0.25, 0.3) is 0 Å². The van der Waals surface area contributed by atoms with Crippen LogP contribution in [-0.4, -0.2) is 17.3 Å². The van der Waals surface area contributed by atoms with Crippen molar-refractivity contribution in [3.63, 3.8) is 0 Å². The summed E-state index contributed by atoms with van der Waals surface area (Å²) in [4.78, 5) is 16.9. The second-order valence-corrected chi connectivity index (χ2v) is 7.52. The molecule has 114 valence electrons. The minimum Gasteiger partial charge on any atom is -0.370 e. The Morgan fingerprint density at radius 1 is 1.19 bits per heavy atom. The van der Waals surface area contributed by atoms with Gasteiger partial charge in [-0.2, -0.15) is 0 Å². The van der Waals surface area contributed by atoms with E-state index in [4.69, 9.17) is 4.98 Å². The SMILES string of the molecule is CC1(C)CC(=O)c2ccc(NCC3CCCCC3)nc2C1. The first-order chi connectivity index (χ1) is 10.0. The van der Waals surface area contributed by atoms with Gasteiger partial charge in [0.05, 0.1) is 5.69 Å². The first kappa shape index (κ1) is 14.6. The molecule has 0 amide bonds. The topological polar surface area (TPSA) is 42.0 Å². The Morgan fingerprint density at radius 3 is 2.71 bits per heavy atom. The molecule has 3 heteroatoms. The Hall–Kier alpha value is -1.38. The minimum absolute atomic E-state index is 0.0408. The molecule has 2 aliphatic carbocycles. The normalized spacial score (nSPS) is 21.9. The van der Waals surface area contributed by atoms with Crippen LogP contribution in [0, 0.1) is 11.3 Å². The number of ketones is 1. The van der Waals surface area contributed by atoms with Crippen LogP contribution in [0.1, 0.15) is 68.4 Å². The molecule has 0 aromatic carbocycles. The van der Waals surface area contributed by atoms with Crippen LogP contribution < -0.4 is 5.32 Å². The molecular weight excluding hydrogens is 260 g/mol. The zero-order chi connectivity index (χ0) is 14.9. The van der Waals surface area contributed by atoms with Crippen molar-refractivity contribution >= 4 is 11.6 Å². The van der Waals surface area contributed by atoms with Crippen molar-refractivity contribution in [3.8, 4) is 0 Å². The summed E-state index contributed by atoms with van der Waals surface area (Å²) < 4.78 is 0. The van der Waals surface area contributed by atoms with Crippen LogP contribution in [0.5, 0.6) is 0 Å². The molecule has 2 aliphatic rings. The smallest absolute Gasteiger partial charge is 0.165 e. The number of hydrogen-bond donors (Lipinski definition) is 1. The van der Waals surface area contributed by atoms with Crippen LogP contribution >= 0.6 is 0 Å². The highest BCUT2D eigenvalue weighted by Gasteiger charge is 2.31. The van der Waals surface area contributed by atoms with Gasteiger partial charge in [0.15, 0.2) is 5.78 Å². The standard InChI is InChI=1S/C18H26N2O/c1-18(2)10-15-14(16(21)11-18)8-9-17(20-15)19-12-13-6-4-3-5-7-13/h8-9,13H,3-7,10-12H2,1-2H3,(H,19,20). The predicted molar refractivity (Wildman–Crippen MR) is 85.7 cm³/mol. The maximum Gasteiger partial charge on any atom is 0.165 e. The van der Waals surface area contributed by atoms with E-state index in [0.717, 1.165) is 36.0 Å². The lowest BCUT2D eigenvalue weighted by Gasteiger charge is -2.29. The molecule has 21 heavy (non-hydrogen) atoms. The Labute approximate surface area is 127 Å². The molecule has 3 rings (SSSR count). The summed E-state index contributed by atoms with van der Waals surface area (Å²) in [6.07, 6.45) is 8.33. The number of anilines is 1. The monoisotopic (exact) mass is 286 g/mol. The summed E-state index contributed by atoms with van der Waals surface area (Å²) >= 11 is 0. The number of fused-ring (bicyclic) bond motifs is 1. The highest BCUT2D eigenvalue weighted by Crippen LogP contribution is 2.34. The quantitative estimate of drug-likeness (QED) is 0.904. The van der Waals surface area contributed by atoms with E-state index in [1.165, 1.54) is 32.1 Å². The third-order valence-electron chi connectivity index (χ3n) is 4.86. The molecule has 0 unspecified atom stereocenters. The van der Waals surface area contributed by atoms with Crippen molar-refractivity contribution in [2.75, 3.05) is 11.9 Å². The molecule has 1 N–H and O–H groups in total. The van der Waals surface area contributed by atoms with Crippen LogP contribution in [0.15, 0.2) is 12.1 Å². The van der Waals surface area contributed by atoms with Crippen LogP contribution in [-0.2, 0) is 6.42 Å². The molecule has 1 aromatic heterocycles. The number of rotatable bonds is 3. The van der Waals surface area contributed by atoms with Crippen LogP contribution in [0.4, 0.5) is 5.82 Å². The second kappa shape index (κ2) is 5.78. The van der Waals surface area contributed by atoms with E-state index in [-0.39, 0.29) is 11.2 Å². The molecule has 0 aliphatic heterocycles. The van der Waals surface area contributed by atoms with E-state index in [1.54, 1.807) is 0 Å². The number of carbonyl (C=O) groups excluding carboxylic acids is 1. The van der Waals surface area contributed by atoms with Gasteiger partial charge in [-0.3, -0.25) is 4.79 Å². The van der Waals surface area contributed by atoms with Gasteiger partial charge in [-0.25, -0.2) is 4.98 Å². The Morgan fingerprint density at radius 2 is 1.95 bits per heavy atom. The van der Waals surface area contributed by atoms with Crippen molar-refractivity contribution < 1.29 is 4.79 Å². The number of carbonyl (C=O) groups is 1. The molecule has 0 radical (unpaired) electrons. The van der Waals surface area contributed by atoms with E-state index in [0.29, 0.717) is 6.42 Å². The fraction of sp³-hybridized carbons (Fsp3) is 0.667. The molecule has 0 bridgehead atoms. The lowest BCUT2D eigenvalue weighted by molar-refractivity contribution is 0.0910. The molecule has 3 nitrogen and oxygen atoms in total. The highest BCUT2D eigenvalue weighted by molar-refractivity contribution is 5.98. The first-order valence-electron chi connectivity index (χ1n) is 8.30. The van der Waals surface area contributed by atoms with Crippen molar-refractivity contribution in [2.45, 2.75) is 58.8 Å². The van der Waals surface area contributed by atoms with Crippen molar-refractivity contribution in [1.82, 2.24) is 4.98 Å². The predicted octanol–water partition coefficient (Wildman–Crippen LogP) is 4.23. The van der Waals surface area contributed by atoms with E-state index < -0.39 is 0 Å². The summed E-state index contributed by atoms with van der Waals surface area (Å²) in [5.74, 6) is 1.96. The van der Waals surface area contributed by atoms with Crippen molar-refractivity contribution in [3.05, 3.63) is 23.4 Å². The van der Waals surface area contributed by atoms with Gasteiger partial charge in [0.25, 0.3) is 0 Å². The molecule has 0 spiro atoms. The summed E-state index contributed by atoms with van der Waals surface area (Å²) in [6.45, 7) is 5.32. The van der Waals surface area contributed by atoms with Gasteiger partial charge >= 0.3 is 0 Å². The molecular formula is C18H26N2O. The van der Waals surface area contributed by atoms with Gasteiger partial charge in [0, 0.05) is 18.5 Å². The number of aromatic nitrogens is 1. The second-order valence-electron chi connectivity index (χ2n) is 7.52. The molecule has 1 aromatic rings. The lowest BCUT2D eigenvalue weighted by atomic mass is 9.76. The summed E-state index contributed by atoms with van der Waals surface area (Å²) in [6, 6.07) is 3.93. The lowest BCUT2D eigenvalue weighted by Crippen LogP contribution is -2.28. The van der Waals surface area contributed by atoms with Gasteiger partial charge in [0.2, 0.25) is 0 Å². The average Bonchev–Trinajstić information content (AvgIpc) is 2.44. The number of Topliss-reactive ketones (excluding diaryl/α,β-unsaturated/α-hetero) is 1. The molecule has 0 saturated heterocycles. The molecule has 1 fully saturated rings. The molecule has 1 heterocycles. The van der Waals surface area contributed by atoms with Gasteiger partial charge in [-0.15, -0.1) is 0 Å². The van der Waals surface area contributed by atoms with Crippen molar-refractivity contribution in [1.29, 1.82) is 0 Å². The number of nitrogens with zero attached hydrogens (tertiary/aromatic N) is 1. The Kier molecular flexibility index (Phi) is 4.01. The Balaban J connectivity index is 1.69. The first-order valence-corrected chi connectivity index (χ1v) is 8.30. The number of pyridine rings is 1. The van der Waals surface area contributed by atoms with Gasteiger partial charge in [-0.1, -0.05) is 33.1 Å². The third kappa shape index (κ3) is 3.45. The summed E-state index contributed by atoms with van der Waals surface area (Å²) in [5.41, 5.74) is 1.85. The van der Waals surface area contributed by atoms with Gasteiger partial charge < -0.3 is 5.32 Å². The van der Waals surface area contributed by atoms with Crippen LogP contribution in [0.3, 0.4) is 0 Å². The molecule has 1 saturated carbocycles. The Bertz CT molecular complexity index is 530.